The number of hydrogen-bond acceptors (Lipinski definition) is 6. The zero-order chi connectivity index (χ0) is 22.5. The Morgan fingerprint density at radius 2 is 1.81 bits per heavy atom. The summed E-state index contributed by atoms with van der Waals surface area (Å²) in [5, 5.41) is 18.7. The molecule has 0 aliphatic rings. The number of tetrazole rings is 1. The third-order valence-electron chi connectivity index (χ3n) is 5.24. The molecule has 0 aliphatic heterocycles. The average Bonchev–Trinajstić information content (AvgIpc) is 3.43. The predicted octanol–water partition coefficient (Wildman–Crippen LogP) is 2.87. The molecule has 9 heteroatoms. The Balaban J connectivity index is 1.62. The lowest BCUT2D eigenvalue weighted by atomic mass is 9.98. The van der Waals surface area contributed by atoms with E-state index in [1.165, 1.54) is 11.6 Å². The second-order valence-corrected chi connectivity index (χ2v) is 7.73. The summed E-state index contributed by atoms with van der Waals surface area (Å²) in [5.41, 5.74) is 3.62. The number of H-pyrrole nitrogens is 1. The third-order valence-corrected chi connectivity index (χ3v) is 5.24. The topological polar surface area (TPSA) is 111 Å². The average molecular weight is 432 g/mol. The molecular formula is C23H25N7O2. The van der Waals surface area contributed by atoms with E-state index in [1.807, 2.05) is 48.5 Å². The van der Waals surface area contributed by atoms with E-state index < -0.39 is 0 Å². The van der Waals surface area contributed by atoms with Crippen molar-refractivity contribution in [3.05, 3.63) is 70.4 Å². The van der Waals surface area contributed by atoms with Crippen molar-refractivity contribution in [2.45, 2.75) is 46.2 Å². The van der Waals surface area contributed by atoms with Crippen LogP contribution in [-0.4, -0.2) is 40.8 Å². The van der Waals surface area contributed by atoms with Crippen LogP contribution in [0.2, 0.25) is 0 Å². The van der Waals surface area contributed by atoms with Crippen LogP contribution in [0, 0.1) is 0 Å². The van der Waals surface area contributed by atoms with Crippen molar-refractivity contribution < 1.29 is 4.79 Å². The largest absolute Gasteiger partial charge is 0.346 e. The van der Waals surface area contributed by atoms with Gasteiger partial charge in [0.1, 0.15) is 12.4 Å². The smallest absolute Gasteiger partial charge is 0.298 e. The van der Waals surface area contributed by atoms with Crippen LogP contribution >= 0.6 is 0 Å². The number of benzene rings is 2. The fourth-order valence-corrected chi connectivity index (χ4v) is 3.66. The fraction of sp³-hybridized carbons (Fsp3) is 0.304. The first kappa shape index (κ1) is 21.4. The summed E-state index contributed by atoms with van der Waals surface area (Å²) < 4.78 is 2.93. The molecule has 0 amide bonds. The minimum absolute atomic E-state index is 0.00321. The normalized spacial score (nSPS) is 11.1. The highest BCUT2D eigenvalue weighted by Gasteiger charge is 2.15. The molecular weight excluding hydrogens is 406 g/mol. The summed E-state index contributed by atoms with van der Waals surface area (Å²) in [4.78, 5) is 24.4. The summed E-state index contributed by atoms with van der Waals surface area (Å²) >= 11 is 0. The van der Waals surface area contributed by atoms with Crippen LogP contribution in [0.25, 0.3) is 22.5 Å². The highest BCUT2D eigenvalue weighted by molar-refractivity contribution is 5.80. The van der Waals surface area contributed by atoms with Crippen molar-refractivity contribution in [2.24, 2.45) is 0 Å². The Morgan fingerprint density at radius 3 is 2.47 bits per heavy atom. The Labute approximate surface area is 185 Å². The molecule has 1 N–H and O–H groups in total. The van der Waals surface area contributed by atoms with Crippen LogP contribution in [-0.2, 0) is 24.3 Å². The van der Waals surface area contributed by atoms with Crippen LogP contribution in [0.3, 0.4) is 0 Å². The monoisotopic (exact) mass is 431 g/mol. The summed E-state index contributed by atoms with van der Waals surface area (Å²) in [7, 11) is 0. The van der Waals surface area contributed by atoms with Crippen molar-refractivity contribution in [1.82, 2.24) is 35.0 Å². The number of ketones is 1. The molecule has 0 spiro atoms. The van der Waals surface area contributed by atoms with Gasteiger partial charge >= 0.3 is 5.69 Å². The molecule has 0 bridgehead atoms. The second kappa shape index (κ2) is 9.51. The highest BCUT2D eigenvalue weighted by atomic mass is 16.2. The summed E-state index contributed by atoms with van der Waals surface area (Å²) in [6.07, 6.45) is 2.64. The zero-order valence-electron chi connectivity index (χ0n) is 18.2. The number of Topliss-reactive ketones (excluding diaryl/α,β-unsaturated/α-hetero) is 1. The molecule has 2 heterocycles. The molecule has 2 aromatic carbocycles. The second-order valence-electron chi connectivity index (χ2n) is 7.73. The molecule has 0 saturated carbocycles. The minimum Gasteiger partial charge on any atom is -0.298 e. The van der Waals surface area contributed by atoms with Crippen LogP contribution in [0.4, 0.5) is 0 Å². The van der Waals surface area contributed by atoms with Gasteiger partial charge in [-0.1, -0.05) is 61.9 Å². The Bertz CT molecular complexity index is 1250. The van der Waals surface area contributed by atoms with Gasteiger partial charge in [0, 0.05) is 12.0 Å². The highest BCUT2D eigenvalue weighted by Crippen LogP contribution is 2.29. The van der Waals surface area contributed by atoms with E-state index in [2.05, 4.69) is 32.6 Å². The van der Waals surface area contributed by atoms with E-state index in [0.717, 1.165) is 35.1 Å². The molecule has 0 radical (unpaired) electrons. The summed E-state index contributed by atoms with van der Waals surface area (Å²) in [5.74, 6) is 1.16. The van der Waals surface area contributed by atoms with Gasteiger partial charge in [0.15, 0.2) is 5.78 Å². The SMILES string of the molecule is CCCCc1nn(CC(C)=O)c(=O)n1Cc1ccc(-c2ccccc2-c2nn[nH]n2)cc1. The van der Waals surface area contributed by atoms with Gasteiger partial charge in [0.05, 0.1) is 6.54 Å². The first-order valence-corrected chi connectivity index (χ1v) is 10.6. The molecule has 9 nitrogen and oxygen atoms in total. The lowest BCUT2D eigenvalue weighted by Crippen LogP contribution is -2.27. The first-order valence-electron chi connectivity index (χ1n) is 10.6. The van der Waals surface area contributed by atoms with E-state index >= 15 is 0 Å². The lowest BCUT2D eigenvalue weighted by Gasteiger charge is -2.09. The van der Waals surface area contributed by atoms with Gasteiger partial charge < -0.3 is 0 Å². The maximum Gasteiger partial charge on any atom is 0.346 e. The number of carbonyl (C=O) groups excluding carboxylic acids is 1. The van der Waals surface area contributed by atoms with E-state index in [0.29, 0.717) is 24.6 Å². The molecule has 2 aromatic heterocycles. The molecule has 0 aliphatic carbocycles. The maximum atomic E-state index is 12.8. The van der Waals surface area contributed by atoms with Gasteiger partial charge in [-0.05, 0) is 35.2 Å². The number of rotatable bonds is 9. The van der Waals surface area contributed by atoms with Crippen molar-refractivity contribution >= 4 is 5.78 Å². The Hall–Kier alpha value is -3.88. The number of carbonyl (C=O) groups is 1. The number of nitrogens with one attached hydrogen (secondary N) is 1. The number of nitrogens with zero attached hydrogens (tertiary/aromatic N) is 6. The minimum atomic E-state index is -0.252. The van der Waals surface area contributed by atoms with Crippen LogP contribution in [0.15, 0.2) is 53.3 Å². The molecule has 0 atom stereocenters. The Kier molecular flexibility index (Phi) is 6.34. The van der Waals surface area contributed by atoms with Gasteiger partial charge in [-0.3, -0.25) is 9.36 Å². The van der Waals surface area contributed by atoms with Gasteiger partial charge in [0.2, 0.25) is 5.82 Å². The van der Waals surface area contributed by atoms with Crippen LogP contribution in [0.5, 0.6) is 0 Å². The van der Waals surface area contributed by atoms with Crippen LogP contribution in [0.1, 0.15) is 38.1 Å². The van der Waals surface area contributed by atoms with E-state index in [4.69, 9.17) is 0 Å². The number of hydrogen-bond donors (Lipinski definition) is 1. The van der Waals surface area contributed by atoms with Crippen molar-refractivity contribution in [1.29, 1.82) is 0 Å². The number of aromatic amines is 1. The lowest BCUT2D eigenvalue weighted by molar-refractivity contribution is -0.117. The first-order chi connectivity index (χ1) is 15.6. The van der Waals surface area contributed by atoms with Crippen molar-refractivity contribution in [3.63, 3.8) is 0 Å². The maximum absolute atomic E-state index is 12.8. The molecule has 4 rings (SSSR count). The van der Waals surface area contributed by atoms with Gasteiger partial charge in [-0.2, -0.15) is 10.3 Å². The summed E-state index contributed by atoms with van der Waals surface area (Å²) in [6, 6.07) is 15.9. The molecule has 4 aromatic rings. The molecule has 0 saturated heterocycles. The molecule has 0 unspecified atom stereocenters. The predicted molar refractivity (Wildman–Crippen MR) is 120 cm³/mol. The number of aryl methyl sites for hydroxylation is 1. The van der Waals surface area contributed by atoms with E-state index in [-0.39, 0.29) is 18.0 Å². The fourth-order valence-electron chi connectivity index (χ4n) is 3.66. The van der Waals surface area contributed by atoms with Gasteiger partial charge in [-0.25, -0.2) is 9.48 Å². The molecule has 0 fully saturated rings. The number of unbranched alkanes of at least 4 members (excludes halogenated alkanes) is 1. The molecule has 32 heavy (non-hydrogen) atoms. The van der Waals surface area contributed by atoms with Gasteiger partial charge in [0.25, 0.3) is 0 Å². The standard InChI is InChI=1S/C23H25N7O2/c1-3-4-9-21-26-30(14-16(2)31)23(32)29(21)15-17-10-12-18(13-11-17)19-7-5-6-8-20(19)22-24-27-28-25-22/h5-8,10-13H,3-4,9,14-15H2,1-2H3,(H,24,25,27,28). The van der Waals surface area contributed by atoms with Crippen molar-refractivity contribution in [2.75, 3.05) is 0 Å². The van der Waals surface area contributed by atoms with E-state index in [9.17, 15) is 9.59 Å². The summed E-state index contributed by atoms with van der Waals surface area (Å²) in [6.45, 7) is 3.96. The quantitative estimate of drug-likeness (QED) is 0.436. The number of aromatic nitrogens is 7. The van der Waals surface area contributed by atoms with Crippen LogP contribution < -0.4 is 5.69 Å². The van der Waals surface area contributed by atoms with E-state index in [1.54, 1.807) is 4.57 Å². The van der Waals surface area contributed by atoms with Crippen molar-refractivity contribution in [3.8, 4) is 22.5 Å². The van der Waals surface area contributed by atoms with Gasteiger partial charge in [-0.15, -0.1) is 10.2 Å². The Morgan fingerprint density at radius 1 is 1.06 bits per heavy atom. The zero-order valence-corrected chi connectivity index (χ0v) is 18.2. The molecule has 164 valence electrons. The third kappa shape index (κ3) is 4.56.